The fraction of sp³-hybridized carbons (Fsp3) is 0.133. The molecule has 5 nitrogen and oxygen atoms in total. The average Bonchev–Trinajstić information content (AvgIpc) is 3.07. The Kier molecular flexibility index (Phi) is 3.96. The Hall–Kier alpha value is -2.90. The molecule has 0 aromatic carbocycles. The second-order valence-corrected chi connectivity index (χ2v) is 4.78. The number of pyridine rings is 2. The quantitative estimate of drug-likeness (QED) is 0.802. The van der Waals surface area contributed by atoms with Gasteiger partial charge in [0.2, 0.25) is 0 Å². The second-order valence-electron chi connectivity index (χ2n) is 4.78. The number of aromatic nitrogens is 4. The molecule has 0 atom stereocenters. The zero-order chi connectivity index (χ0) is 16.3. The zero-order valence-electron chi connectivity index (χ0n) is 11.8. The first-order valence-electron chi connectivity index (χ1n) is 6.73. The lowest BCUT2D eigenvalue weighted by Crippen LogP contribution is -2.07. The molecule has 23 heavy (non-hydrogen) atoms. The summed E-state index contributed by atoms with van der Waals surface area (Å²) in [6.45, 7) is 0.412. The van der Waals surface area contributed by atoms with Crippen LogP contribution in [-0.2, 0) is 12.7 Å². The summed E-state index contributed by atoms with van der Waals surface area (Å²) in [5.74, 6) is 1.11. The number of anilines is 1. The van der Waals surface area contributed by atoms with E-state index in [0.29, 0.717) is 12.4 Å². The van der Waals surface area contributed by atoms with Crippen molar-refractivity contribution in [1.29, 1.82) is 0 Å². The van der Waals surface area contributed by atoms with Crippen LogP contribution in [0.15, 0.2) is 55.4 Å². The van der Waals surface area contributed by atoms with E-state index >= 15 is 0 Å². The fourth-order valence-corrected chi connectivity index (χ4v) is 1.93. The van der Waals surface area contributed by atoms with Crippen LogP contribution in [0.5, 0.6) is 0 Å². The Bertz CT molecular complexity index is 749. The van der Waals surface area contributed by atoms with Gasteiger partial charge in [0.1, 0.15) is 18.0 Å². The van der Waals surface area contributed by atoms with Gasteiger partial charge in [-0.25, -0.2) is 15.0 Å². The molecule has 3 aromatic heterocycles. The van der Waals surface area contributed by atoms with Crippen molar-refractivity contribution < 1.29 is 13.2 Å². The van der Waals surface area contributed by atoms with E-state index in [-0.39, 0.29) is 0 Å². The van der Waals surface area contributed by atoms with Crippen LogP contribution in [0.3, 0.4) is 0 Å². The summed E-state index contributed by atoms with van der Waals surface area (Å²) in [6.07, 6.45) is 3.21. The monoisotopic (exact) mass is 319 g/mol. The van der Waals surface area contributed by atoms with Crippen LogP contribution in [0.25, 0.3) is 5.82 Å². The molecule has 118 valence electrons. The second kappa shape index (κ2) is 6.07. The van der Waals surface area contributed by atoms with Crippen LogP contribution < -0.4 is 5.32 Å². The molecule has 0 saturated carbocycles. The zero-order valence-corrected chi connectivity index (χ0v) is 11.8. The van der Waals surface area contributed by atoms with Gasteiger partial charge in [0, 0.05) is 31.3 Å². The summed E-state index contributed by atoms with van der Waals surface area (Å²) in [5, 5.41) is 2.96. The highest BCUT2D eigenvalue weighted by atomic mass is 19.4. The highest BCUT2D eigenvalue weighted by Crippen LogP contribution is 2.28. The minimum Gasteiger partial charge on any atom is -0.366 e. The molecular formula is C15H12F3N5. The van der Waals surface area contributed by atoms with E-state index in [1.807, 2.05) is 12.1 Å². The Balaban J connectivity index is 1.62. The Morgan fingerprint density at radius 3 is 2.48 bits per heavy atom. The van der Waals surface area contributed by atoms with Crippen LogP contribution in [0, 0.1) is 0 Å². The largest absolute Gasteiger partial charge is 0.417 e. The first-order chi connectivity index (χ1) is 11.0. The molecule has 0 aliphatic rings. The predicted octanol–water partition coefficient (Wildman–Crippen LogP) is 3.29. The lowest BCUT2D eigenvalue weighted by atomic mass is 10.2. The number of hydrogen-bond acceptors (Lipinski definition) is 4. The van der Waals surface area contributed by atoms with Gasteiger partial charge >= 0.3 is 6.18 Å². The molecule has 0 bridgehead atoms. The Morgan fingerprint density at radius 1 is 1.04 bits per heavy atom. The normalized spacial score (nSPS) is 11.4. The van der Waals surface area contributed by atoms with Gasteiger partial charge in [-0.05, 0) is 23.8 Å². The molecule has 0 aliphatic carbocycles. The van der Waals surface area contributed by atoms with Crippen molar-refractivity contribution >= 4 is 5.82 Å². The maximum Gasteiger partial charge on any atom is 0.417 e. The highest BCUT2D eigenvalue weighted by Gasteiger charge is 2.30. The third-order valence-electron chi connectivity index (χ3n) is 3.14. The molecule has 3 heterocycles. The molecule has 0 amide bonds. The van der Waals surface area contributed by atoms with Gasteiger partial charge in [-0.3, -0.25) is 4.57 Å². The van der Waals surface area contributed by atoms with Crippen molar-refractivity contribution in [2.24, 2.45) is 0 Å². The van der Waals surface area contributed by atoms with Crippen LogP contribution in [-0.4, -0.2) is 19.5 Å². The smallest absolute Gasteiger partial charge is 0.366 e. The summed E-state index contributed by atoms with van der Waals surface area (Å²) in [7, 11) is 0. The topological polar surface area (TPSA) is 55.6 Å². The summed E-state index contributed by atoms with van der Waals surface area (Å²) in [6, 6.07) is 6.00. The number of imidazole rings is 1. The summed E-state index contributed by atoms with van der Waals surface area (Å²) >= 11 is 0. The van der Waals surface area contributed by atoms with E-state index in [2.05, 4.69) is 20.3 Å². The van der Waals surface area contributed by atoms with Crippen molar-refractivity contribution in [3.05, 3.63) is 66.5 Å². The maximum atomic E-state index is 12.4. The van der Waals surface area contributed by atoms with Crippen LogP contribution in [0.4, 0.5) is 19.0 Å². The lowest BCUT2D eigenvalue weighted by molar-refractivity contribution is -0.137. The molecule has 8 heteroatoms. The van der Waals surface area contributed by atoms with E-state index in [1.54, 1.807) is 29.5 Å². The summed E-state index contributed by atoms with van der Waals surface area (Å²) in [4.78, 5) is 12.0. The molecule has 0 aliphatic heterocycles. The average molecular weight is 319 g/mol. The highest BCUT2D eigenvalue weighted by molar-refractivity contribution is 5.37. The summed E-state index contributed by atoms with van der Waals surface area (Å²) in [5.41, 5.74) is 0.116. The van der Waals surface area contributed by atoms with Gasteiger partial charge in [0.15, 0.2) is 0 Å². The van der Waals surface area contributed by atoms with Gasteiger partial charge < -0.3 is 5.32 Å². The molecule has 0 radical (unpaired) electrons. The van der Waals surface area contributed by atoms with Crippen molar-refractivity contribution in [3.63, 3.8) is 0 Å². The number of rotatable bonds is 4. The number of halogens is 3. The van der Waals surface area contributed by atoms with Crippen LogP contribution in [0.1, 0.15) is 11.1 Å². The lowest BCUT2D eigenvalue weighted by Gasteiger charge is -2.09. The van der Waals surface area contributed by atoms with Gasteiger partial charge in [-0.2, -0.15) is 13.2 Å². The Morgan fingerprint density at radius 2 is 1.91 bits per heavy atom. The SMILES string of the molecule is FC(F)(F)c1ccc(NCc2ccc(-n3ccnc3)nc2)nc1. The minimum absolute atomic E-state index is 0.372. The first-order valence-corrected chi connectivity index (χ1v) is 6.73. The molecule has 0 spiro atoms. The van der Waals surface area contributed by atoms with E-state index < -0.39 is 11.7 Å². The number of nitrogens with one attached hydrogen (secondary N) is 1. The van der Waals surface area contributed by atoms with E-state index in [9.17, 15) is 13.2 Å². The number of hydrogen-bond donors (Lipinski definition) is 1. The van der Waals surface area contributed by atoms with Crippen molar-refractivity contribution in [3.8, 4) is 5.82 Å². The van der Waals surface area contributed by atoms with E-state index in [0.717, 1.165) is 23.6 Å². The standard InChI is InChI=1S/C15H12F3N5/c16-15(17,18)12-2-3-13(21-9-12)20-7-11-1-4-14(22-8-11)23-6-5-19-10-23/h1-6,8-10H,7H2,(H,20,21). The van der Waals surface area contributed by atoms with Gasteiger partial charge in [-0.1, -0.05) is 6.07 Å². The van der Waals surface area contributed by atoms with Crippen molar-refractivity contribution in [2.75, 3.05) is 5.32 Å². The molecular weight excluding hydrogens is 307 g/mol. The van der Waals surface area contributed by atoms with Gasteiger partial charge in [0.05, 0.1) is 5.56 Å². The van der Waals surface area contributed by atoms with Crippen molar-refractivity contribution in [2.45, 2.75) is 12.7 Å². The van der Waals surface area contributed by atoms with E-state index in [1.165, 1.54) is 6.07 Å². The molecule has 0 unspecified atom stereocenters. The third-order valence-corrected chi connectivity index (χ3v) is 3.14. The molecule has 1 N–H and O–H groups in total. The number of nitrogens with zero attached hydrogens (tertiary/aromatic N) is 4. The third kappa shape index (κ3) is 3.65. The molecule has 0 fully saturated rings. The van der Waals surface area contributed by atoms with Crippen LogP contribution >= 0.6 is 0 Å². The molecule has 3 rings (SSSR count). The van der Waals surface area contributed by atoms with Crippen LogP contribution in [0.2, 0.25) is 0 Å². The van der Waals surface area contributed by atoms with Crippen molar-refractivity contribution in [1.82, 2.24) is 19.5 Å². The number of alkyl halides is 3. The minimum atomic E-state index is -4.38. The predicted molar refractivity (Wildman–Crippen MR) is 77.9 cm³/mol. The first kappa shape index (κ1) is 15.0. The van der Waals surface area contributed by atoms with Gasteiger partial charge in [0.25, 0.3) is 0 Å². The maximum absolute atomic E-state index is 12.4. The van der Waals surface area contributed by atoms with Gasteiger partial charge in [-0.15, -0.1) is 0 Å². The Labute approximate surface area is 129 Å². The molecule has 3 aromatic rings. The molecule has 0 saturated heterocycles. The van der Waals surface area contributed by atoms with E-state index in [4.69, 9.17) is 0 Å². The summed E-state index contributed by atoms with van der Waals surface area (Å²) < 4.78 is 39.1. The fourth-order valence-electron chi connectivity index (χ4n) is 1.93.